The lowest BCUT2D eigenvalue weighted by Gasteiger charge is -2.31. The number of nitrogens with two attached hydrogens (primary N) is 1. The highest BCUT2D eigenvalue weighted by molar-refractivity contribution is 8.16. The summed E-state index contributed by atoms with van der Waals surface area (Å²) in [6.07, 6.45) is 3.38. The third-order valence-electron chi connectivity index (χ3n) is 4.49. The molecule has 5 heteroatoms. The van der Waals surface area contributed by atoms with Gasteiger partial charge in [0.1, 0.15) is 0 Å². The van der Waals surface area contributed by atoms with Gasteiger partial charge in [0.15, 0.2) is 0 Å². The molecule has 2 aliphatic rings. The van der Waals surface area contributed by atoms with Gasteiger partial charge in [-0.15, -0.1) is 23.5 Å². The van der Waals surface area contributed by atoms with E-state index in [9.17, 15) is 4.79 Å². The lowest BCUT2D eigenvalue weighted by Crippen LogP contribution is -2.40. The number of hydrogen-bond donors (Lipinski definition) is 1. The molecule has 2 saturated heterocycles. The monoisotopic (exact) mass is 336 g/mol. The van der Waals surface area contributed by atoms with Gasteiger partial charge < -0.3 is 10.6 Å². The number of thioether (sulfide) groups is 2. The zero-order valence-corrected chi connectivity index (χ0v) is 14.5. The van der Waals surface area contributed by atoms with Gasteiger partial charge in [-0.05, 0) is 60.9 Å². The van der Waals surface area contributed by atoms with Gasteiger partial charge in [-0.2, -0.15) is 0 Å². The summed E-state index contributed by atoms with van der Waals surface area (Å²) in [5.41, 5.74) is 7.88. The van der Waals surface area contributed by atoms with Crippen molar-refractivity contribution in [1.82, 2.24) is 4.90 Å². The second-order valence-corrected chi connectivity index (χ2v) is 8.74. The summed E-state index contributed by atoms with van der Waals surface area (Å²) >= 11 is 4.03. The molecule has 0 aliphatic carbocycles. The summed E-state index contributed by atoms with van der Waals surface area (Å²) in [6.45, 7) is 2.43. The Hall–Kier alpha value is -0.650. The summed E-state index contributed by atoms with van der Waals surface area (Å²) in [7, 11) is 0. The number of amides is 1. The first-order valence-electron chi connectivity index (χ1n) is 8.10. The largest absolute Gasteiger partial charge is 0.339 e. The molecular formula is C17H24N2OS2. The fourth-order valence-electron chi connectivity index (χ4n) is 3.02. The molecule has 0 spiro atoms. The molecule has 22 heavy (non-hydrogen) atoms. The van der Waals surface area contributed by atoms with Crippen LogP contribution in [-0.4, -0.2) is 41.9 Å². The van der Waals surface area contributed by atoms with Crippen LogP contribution < -0.4 is 5.73 Å². The molecule has 0 radical (unpaired) electrons. The second kappa shape index (κ2) is 7.75. The van der Waals surface area contributed by atoms with Crippen LogP contribution in [-0.2, 0) is 0 Å². The molecule has 3 rings (SSSR count). The molecule has 0 saturated carbocycles. The first-order chi connectivity index (χ1) is 10.8. The van der Waals surface area contributed by atoms with E-state index in [1.165, 1.54) is 23.5 Å². The molecule has 2 N–H and O–H groups in total. The van der Waals surface area contributed by atoms with Crippen molar-refractivity contribution < 1.29 is 4.79 Å². The van der Waals surface area contributed by atoms with E-state index in [-0.39, 0.29) is 5.91 Å². The fraction of sp³-hybridized carbons (Fsp3) is 0.588. The van der Waals surface area contributed by atoms with E-state index >= 15 is 0 Å². The van der Waals surface area contributed by atoms with E-state index in [1.807, 2.05) is 40.6 Å². The van der Waals surface area contributed by atoms with Crippen molar-refractivity contribution in [2.24, 2.45) is 11.7 Å². The number of carbonyl (C=O) groups is 1. The molecule has 2 fully saturated rings. The molecule has 0 bridgehead atoms. The third kappa shape index (κ3) is 3.81. The summed E-state index contributed by atoms with van der Waals surface area (Å²) < 4.78 is 0.540. The smallest absolute Gasteiger partial charge is 0.253 e. The maximum atomic E-state index is 12.6. The standard InChI is InChI=1S/C17H24N2OS2/c18-12-13-6-8-19(9-7-13)16(20)14-2-4-15(5-3-14)17-21-10-1-11-22-17/h2-5,13,17H,1,6-12,18H2. The maximum Gasteiger partial charge on any atom is 0.253 e. The van der Waals surface area contributed by atoms with Crippen LogP contribution >= 0.6 is 23.5 Å². The van der Waals surface area contributed by atoms with Crippen LogP contribution in [0.4, 0.5) is 0 Å². The SMILES string of the molecule is NCC1CCN(C(=O)c2ccc(C3SCCCS3)cc2)CC1. The molecule has 1 aromatic rings. The van der Waals surface area contributed by atoms with Gasteiger partial charge in [-0.25, -0.2) is 0 Å². The quantitative estimate of drug-likeness (QED) is 0.919. The van der Waals surface area contributed by atoms with Crippen molar-refractivity contribution in [3.63, 3.8) is 0 Å². The van der Waals surface area contributed by atoms with E-state index in [0.29, 0.717) is 10.5 Å². The molecule has 2 heterocycles. The Morgan fingerprint density at radius 2 is 1.77 bits per heavy atom. The van der Waals surface area contributed by atoms with Gasteiger partial charge in [0.05, 0.1) is 4.58 Å². The van der Waals surface area contributed by atoms with Crippen molar-refractivity contribution in [3.8, 4) is 0 Å². The highest BCUT2D eigenvalue weighted by Gasteiger charge is 2.23. The molecule has 0 aromatic heterocycles. The zero-order chi connectivity index (χ0) is 15.4. The average molecular weight is 337 g/mol. The lowest BCUT2D eigenvalue weighted by molar-refractivity contribution is 0.0693. The Morgan fingerprint density at radius 3 is 2.36 bits per heavy atom. The van der Waals surface area contributed by atoms with Crippen LogP contribution in [0, 0.1) is 5.92 Å². The summed E-state index contributed by atoms with van der Waals surface area (Å²) in [5, 5.41) is 0. The van der Waals surface area contributed by atoms with E-state index in [4.69, 9.17) is 5.73 Å². The van der Waals surface area contributed by atoms with Crippen molar-refractivity contribution >= 4 is 29.4 Å². The van der Waals surface area contributed by atoms with E-state index < -0.39 is 0 Å². The minimum atomic E-state index is 0.172. The van der Waals surface area contributed by atoms with E-state index in [1.54, 1.807) is 0 Å². The van der Waals surface area contributed by atoms with Crippen LogP contribution in [0.5, 0.6) is 0 Å². The number of carbonyl (C=O) groups excluding carboxylic acids is 1. The number of piperidine rings is 1. The summed E-state index contributed by atoms with van der Waals surface area (Å²) in [6, 6.07) is 8.27. The molecule has 1 aromatic carbocycles. The van der Waals surface area contributed by atoms with Crippen molar-refractivity contribution in [3.05, 3.63) is 35.4 Å². The zero-order valence-electron chi connectivity index (χ0n) is 12.9. The first-order valence-corrected chi connectivity index (χ1v) is 10.2. The van der Waals surface area contributed by atoms with Crippen LogP contribution in [0.2, 0.25) is 0 Å². The van der Waals surface area contributed by atoms with Gasteiger partial charge >= 0.3 is 0 Å². The lowest BCUT2D eigenvalue weighted by atomic mass is 9.96. The van der Waals surface area contributed by atoms with Crippen LogP contribution in [0.3, 0.4) is 0 Å². The number of benzene rings is 1. The topological polar surface area (TPSA) is 46.3 Å². The number of likely N-dealkylation sites (tertiary alicyclic amines) is 1. The maximum absolute atomic E-state index is 12.6. The van der Waals surface area contributed by atoms with Crippen LogP contribution in [0.15, 0.2) is 24.3 Å². The van der Waals surface area contributed by atoms with Crippen LogP contribution in [0.25, 0.3) is 0 Å². The summed E-state index contributed by atoms with van der Waals surface area (Å²) in [4.78, 5) is 14.5. The Labute approximate surface area is 141 Å². The highest BCUT2D eigenvalue weighted by Crippen LogP contribution is 2.43. The number of rotatable bonds is 3. The number of nitrogens with zero attached hydrogens (tertiary/aromatic N) is 1. The van der Waals surface area contributed by atoms with Gasteiger partial charge in [0.25, 0.3) is 5.91 Å². The minimum Gasteiger partial charge on any atom is -0.339 e. The van der Waals surface area contributed by atoms with Crippen molar-refractivity contribution in [1.29, 1.82) is 0 Å². The van der Waals surface area contributed by atoms with Gasteiger partial charge in [-0.3, -0.25) is 4.79 Å². The van der Waals surface area contributed by atoms with Gasteiger partial charge in [0, 0.05) is 18.7 Å². The normalized spacial score (nSPS) is 21.0. The van der Waals surface area contributed by atoms with Gasteiger partial charge in [0.2, 0.25) is 0 Å². The molecule has 120 valence electrons. The molecule has 0 unspecified atom stereocenters. The summed E-state index contributed by atoms with van der Waals surface area (Å²) in [5.74, 6) is 3.25. The number of hydrogen-bond acceptors (Lipinski definition) is 4. The molecule has 0 atom stereocenters. The average Bonchev–Trinajstić information content (AvgIpc) is 2.62. The predicted octanol–water partition coefficient (Wildman–Crippen LogP) is 3.37. The molecule has 2 aliphatic heterocycles. The molecule has 3 nitrogen and oxygen atoms in total. The van der Waals surface area contributed by atoms with Gasteiger partial charge in [-0.1, -0.05) is 12.1 Å². The first kappa shape index (κ1) is 16.2. The molecule has 1 amide bonds. The Kier molecular flexibility index (Phi) is 5.71. The Morgan fingerprint density at radius 1 is 1.14 bits per heavy atom. The predicted molar refractivity (Wildman–Crippen MR) is 96.4 cm³/mol. The Balaban J connectivity index is 1.61. The van der Waals surface area contributed by atoms with Crippen LogP contribution in [0.1, 0.15) is 39.8 Å². The fourth-order valence-corrected chi connectivity index (χ4v) is 5.91. The minimum absolute atomic E-state index is 0.172. The van der Waals surface area contributed by atoms with E-state index in [0.717, 1.165) is 38.0 Å². The van der Waals surface area contributed by atoms with Crippen molar-refractivity contribution in [2.45, 2.75) is 23.8 Å². The third-order valence-corrected chi connectivity index (χ3v) is 7.51. The van der Waals surface area contributed by atoms with E-state index in [2.05, 4.69) is 12.1 Å². The second-order valence-electron chi connectivity index (χ2n) is 6.02. The Bertz CT molecular complexity index is 492. The molecular weight excluding hydrogens is 312 g/mol. The highest BCUT2D eigenvalue weighted by atomic mass is 32.2. The van der Waals surface area contributed by atoms with Crippen molar-refractivity contribution in [2.75, 3.05) is 31.1 Å².